The van der Waals surface area contributed by atoms with Crippen LogP contribution in [-0.4, -0.2) is 42.5 Å². The fourth-order valence-electron chi connectivity index (χ4n) is 2.50. The molecule has 3 rings (SSSR count). The zero-order valence-electron chi connectivity index (χ0n) is 13.0. The van der Waals surface area contributed by atoms with E-state index in [1.807, 2.05) is 24.3 Å². The number of nitro benzene ring substituents is 1. The highest BCUT2D eigenvalue weighted by atomic mass is 16.6. The lowest BCUT2D eigenvalue weighted by Crippen LogP contribution is -2.36. The molecule has 0 unspecified atom stereocenters. The van der Waals surface area contributed by atoms with Gasteiger partial charge in [0, 0.05) is 31.1 Å². The zero-order valence-corrected chi connectivity index (χ0v) is 13.0. The molecule has 0 aromatic heterocycles. The molecule has 124 valence electrons. The number of ether oxygens (including phenoxy) is 1. The van der Waals surface area contributed by atoms with Gasteiger partial charge in [-0.1, -0.05) is 0 Å². The van der Waals surface area contributed by atoms with Crippen molar-refractivity contribution in [3.05, 3.63) is 58.1 Å². The quantitative estimate of drug-likeness (QED) is 0.530. The van der Waals surface area contributed by atoms with Crippen molar-refractivity contribution in [2.24, 2.45) is 4.99 Å². The number of aromatic hydroxyl groups is 1. The van der Waals surface area contributed by atoms with Crippen LogP contribution in [0.5, 0.6) is 5.75 Å². The van der Waals surface area contributed by atoms with E-state index in [4.69, 9.17) is 4.74 Å². The normalized spacial score (nSPS) is 14.9. The maximum absolute atomic E-state index is 10.7. The maximum Gasteiger partial charge on any atom is 0.310 e. The summed E-state index contributed by atoms with van der Waals surface area (Å²) in [6.07, 6.45) is 1.56. The van der Waals surface area contributed by atoms with E-state index in [1.165, 1.54) is 12.1 Å². The van der Waals surface area contributed by atoms with Crippen molar-refractivity contribution in [1.82, 2.24) is 0 Å². The van der Waals surface area contributed by atoms with Gasteiger partial charge in [0.1, 0.15) is 0 Å². The standard InChI is InChI=1S/C17H17N3O4/c21-17-11-13(1-6-16(17)20(22)23)12-18-14-2-4-15(5-3-14)19-7-9-24-10-8-19/h1-6,11-12,21H,7-10H2. The van der Waals surface area contributed by atoms with Gasteiger partial charge in [-0.05, 0) is 42.0 Å². The number of phenolic OH excluding ortho intramolecular Hbond substituents is 1. The van der Waals surface area contributed by atoms with Crippen LogP contribution in [0.4, 0.5) is 17.1 Å². The smallest absolute Gasteiger partial charge is 0.310 e. The third-order valence-corrected chi connectivity index (χ3v) is 3.78. The Bertz CT molecular complexity index is 753. The minimum absolute atomic E-state index is 0.318. The summed E-state index contributed by atoms with van der Waals surface area (Å²) in [4.78, 5) is 16.6. The molecule has 1 aliphatic rings. The van der Waals surface area contributed by atoms with Crippen LogP contribution in [0.3, 0.4) is 0 Å². The summed E-state index contributed by atoms with van der Waals surface area (Å²) in [5.74, 6) is -0.369. The summed E-state index contributed by atoms with van der Waals surface area (Å²) in [6.45, 7) is 3.24. The number of nitro groups is 1. The summed E-state index contributed by atoms with van der Waals surface area (Å²) < 4.78 is 5.34. The van der Waals surface area contributed by atoms with Gasteiger partial charge in [-0.15, -0.1) is 0 Å². The molecule has 0 aliphatic carbocycles. The summed E-state index contributed by atoms with van der Waals surface area (Å²) in [6, 6.07) is 12.0. The zero-order chi connectivity index (χ0) is 16.9. The number of anilines is 1. The molecule has 1 aliphatic heterocycles. The third-order valence-electron chi connectivity index (χ3n) is 3.78. The van der Waals surface area contributed by atoms with Gasteiger partial charge < -0.3 is 14.7 Å². The number of hydrogen-bond acceptors (Lipinski definition) is 6. The van der Waals surface area contributed by atoms with Crippen molar-refractivity contribution in [3.8, 4) is 5.75 Å². The molecule has 1 fully saturated rings. The number of benzene rings is 2. The highest BCUT2D eigenvalue weighted by molar-refractivity contribution is 5.83. The highest BCUT2D eigenvalue weighted by Crippen LogP contribution is 2.26. The monoisotopic (exact) mass is 327 g/mol. The Morgan fingerprint density at radius 2 is 1.88 bits per heavy atom. The van der Waals surface area contributed by atoms with Crippen LogP contribution in [0, 0.1) is 10.1 Å². The lowest BCUT2D eigenvalue weighted by atomic mass is 10.2. The molecule has 1 N–H and O–H groups in total. The summed E-state index contributed by atoms with van der Waals surface area (Å²) in [5.41, 5.74) is 2.17. The van der Waals surface area contributed by atoms with Crippen molar-refractivity contribution in [3.63, 3.8) is 0 Å². The number of hydrogen-bond donors (Lipinski definition) is 1. The van der Waals surface area contributed by atoms with Crippen LogP contribution in [0.15, 0.2) is 47.5 Å². The molecule has 2 aromatic rings. The van der Waals surface area contributed by atoms with Gasteiger partial charge in [0.25, 0.3) is 0 Å². The Morgan fingerprint density at radius 3 is 2.50 bits per heavy atom. The first-order chi connectivity index (χ1) is 11.6. The van der Waals surface area contributed by atoms with E-state index in [1.54, 1.807) is 12.3 Å². The number of rotatable bonds is 4. The van der Waals surface area contributed by atoms with Crippen LogP contribution in [0.25, 0.3) is 0 Å². The lowest BCUT2D eigenvalue weighted by molar-refractivity contribution is -0.385. The van der Waals surface area contributed by atoms with E-state index in [2.05, 4.69) is 9.89 Å². The first-order valence-corrected chi connectivity index (χ1v) is 7.58. The Labute approximate surface area is 139 Å². The van der Waals surface area contributed by atoms with Gasteiger partial charge >= 0.3 is 5.69 Å². The van der Waals surface area contributed by atoms with Crippen LogP contribution >= 0.6 is 0 Å². The van der Waals surface area contributed by atoms with E-state index in [0.29, 0.717) is 5.56 Å². The third kappa shape index (κ3) is 3.69. The molecule has 7 nitrogen and oxygen atoms in total. The Balaban J connectivity index is 1.70. The average molecular weight is 327 g/mol. The fourth-order valence-corrected chi connectivity index (χ4v) is 2.50. The van der Waals surface area contributed by atoms with E-state index >= 15 is 0 Å². The molecular weight excluding hydrogens is 310 g/mol. The molecule has 0 radical (unpaired) electrons. The topological polar surface area (TPSA) is 88.2 Å². The Morgan fingerprint density at radius 1 is 1.17 bits per heavy atom. The molecule has 1 heterocycles. The van der Waals surface area contributed by atoms with Gasteiger partial charge in [-0.3, -0.25) is 15.1 Å². The van der Waals surface area contributed by atoms with Gasteiger partial charge in [-0.2, -0.15) is 0 Å². The molecule has 0 bridgehead atoms. The molecule has 24 heavy (non-hydrogen) atoms. The van der Waals surface area contributed by atoms with Crippen molar-refractivity contribution in [2.75, 3.05) is 31.2 Å². The molecule has 0 atom stereocenters. The van der Waals surface area contributed by atoms with Gasteiger partial charge in [0.05, 0.1) is 23.8 Å². The number of morpholine rings is 1. The molecule has 0 saturated carbocycles. The number of phenols is 1. The second-order valence-electron chi connectivity index (χ2n) is 5.38. The Hall–Kier alpha value is -2.93. The van der Waals surface area contributed by atoms with Crippen molar-refractivity contribution < 1.29 is 14.8 Å². The van der Waals surface area contributed by atoms with E-state index in [0.717, 1.165) is 37.7 Å². The predicted molar refractivity (Wildman–Crippen MR) is 91.5 cm³/mol. The van der Waals surface area contributed by atoms with Crippen LogP contribution in [0.1, 0.15) is 5.56 Å². The second-order valence-corrected chi connectivity index (χ2v) is 5.38. The summed E-state index contributed by atoms with van der Waals surface area (Å²) in [7, 11) is 0. The van der Waals surface area contributed by atoms with Gasteiger partial charge in [-0.25, -0.2) is 0 Å². The number of aliphatic imine (C=N–C) groups is 1. The molecule has 0 spiro atoms. The van der Waals surface area contributed by atoms with Gasteiger partial charge in [0.2, 0.25) is 0 Å². The van der Waals surface area contributed by atoms with Gasteiger partial charge in [0.15, 0.2) is 5.75 Å². The van der Waals surface area contributed by atoms with Crippen LogP contribution in [0.2, 0.25) is 0 Å². The summed E-state index contributed by atoms with van der Waals surface area (Å²) >= 11 is 0. The predicted octanol–water partition coefficient (Wildman–Crippen LogP) is 2.89. The maximum atomic E-state index is 10.7. The fraction of sp³-hybridized carbons (Fsp3) is 0.235. The summed E-state index contributed by atoms with van der Waals surface area (Å²) in [5, 5.41) is 20.3. The van der Waals surface area contributed by atoms with E-state index in [9.17, 15) is 15.2 Å². The first-order valence-electron chi connectivity index (χ1n) is 7.58. The highest BCUT2D eigenvalue weighted by Gasteiger charge is 2.12. The van der Waals surface area contributed by atoms with E-state index < -0.39 is 4.92 Å². The lowest BCUT2D eigenvalue weighted by Gasteiger charge is -2.28. The molecule has 2 aromatic carbocycles. The average Bonchev–Trinajstić information content (AvgIpc) is 2.61. The van der Waals surface area contributed by atoms with Crippen molar-refractivity contribution in [1.29, 1.82) is 0 Å². The first kappa shape index (κ1) is 15.9. The molecule has 1 saturated heterocycles. The van der Waals surface area contributed by atoms with Crippen molar-refractivity contribution >= 4 is 23.3 Å². The second kappa shape index (κ2) is 7.10. The van der Waals surface area contributed by atoms with Crippen molar-refractivity contribution in [2.45, 2.75) is 0 Å². The SMILES string of the molecule is O=[N+]([O-])c1ccc(C=Nc2ccc(N3CCOCC3)cc2)cc1O. The van der Waals surface area contributed by atoms with Crippen LogP contribution in [-0.2, 0) is 4.74 Å². The Kier molecular flexibility index (Phi) is 4.72. The van der Waals surface area contributed by atoms with Crippen LogP contribution < -0.4 is 4.90 Å². The number of nitrogens with zero attached hydrogens (tertiary/aromatic N) is 3. The molecule has 0 amide bonds. The van der Waals surface area contributed by atoms with E-state index in [-0.39, 0.29) is 11.4 Å². The largest absolute Gasteiger partial charge is 0.502 e. The molecular formula is C17H17N3O4. The molecule has 7 heteroatoms. The minimum atomic E-state index is -0.624. The minimum Gasteiger partial charge on any atom is -0.502 e.